The smallest absolute Gasteiger partial charge is 0.545 e. The summed E-state index contributed by atoms with van der Waals surface area (Å²) in [5.74, 6) is -1.13. The zero-order valence-corrected chi connectivity index (χ0v) is 10.6. The fraction of sp³-hybridized carbons (Fsp3) is 0. The van der Waals surface area contributed by atoms with E-state index in [1.807, 2.05) is 0 Å². The number of benzene rings is 1. The van der Waals surface area contributed by atoms with Crippen LogP contribution in [-0.2, 0) is 0 Å². The minimum atomic E-state index is -1.13. The van der Waals surface area contributed by atoms with Crippen molar-refractivity contribution in [3.8, 4) is 0 Å². The molecule has 1 aromatic carbocycles. The monoisotopic (exact) mass is 206 g/mol. The van der Waals surface area contributed by atoms with Crippen molar-refractivity contribution in [1.29, 1.82) is 0 Å². The van der Waals surface area contributed by atoms with E-state index in [9.17, 15) is 9.90 Å². The number of rotatable bonds is 1. The van der Waals surface area contributed by atoms with E-state index in [0.717, 1.165) is 0 Å². The Morgan fingerprint density at radius 3 is 2.00 bits per heavy atom. The van der Waals surface area contributed by atoms with Gasteiger partial charge in [0, 0.05) is 0 Å². The molecule has 0 N–H and O–H groups in total. The third kappa shape index (κ3) is 3.06. The van der Waals surface area contributed by atoms with E-state index in [2.05, 4.69) is 0 Å². The van der Waals surface area contributed by atoms with Crippen LogP contribution < -0.4 is 63.3 Å². The fourth-order valence-corrected chi connectivity index (χ4v) is 0.574. The minimum Gasteiger partial charge on any atom is -0.545 e. The summed E-state index contributed by atoms with van der Waals surface area (Å²) in [6, 6.07) is 8.06. The summed E-state index contributed by atoms with van der Waals surface area (Å²) >= 11 is 0. The number of hydrogen-bond donors (Lipinski definition) is 0. The molecule has 0 aliphatic carbocycles. The first kappa shape index (κ1) is 10.5. The molecule has 0 saturated carbocycles. The normalized spacial score (nSPS) is 8.00. The standard InChI is InChI=1S/C7H6O2.Rb/c8-7(9)6-4-2-1-3-5-6;/h1-5H,(H,8,9);/q;+1/p-1. The van der Waals surface area contributed by atoms with E-state index in [1.54, 1.807) is 18.2 Å². The van der Waals surface area contributed by atoms with Crippen molar-refractivity contribution >= 4 is 5.97 Å². The molecule has 3 heteroatoms. The topological polar surface area (TPSA) is 40.1 Å². The van der Waals surface area contributed by atoms with Gasteiger partial charge in [-0.15, -0.1) is 0 Å². The number of hydrogen-bond acceptors (Lipinski definition) is 2. The summed E-state index contributed by atoms with van der Waals surface area (Å²) in [5, 5.41) is 10.1. The third-order valence-electron chi connectivity index (χ3n) is 1.01. The maximum atomic E-state index is 10.1. The SMILES string of the molecule is O=C([O-])c1ccccc1.[Rb+]. The van der Waals surface area contributed by atoms with Crippen LogP contribution >= 0.6 is 0 Å². The first-order valence-electron chi connectivity index (χ1n) is 2.57. The number of carbonyl (C=O) groups excluding carboxylic acids is 1. The van der Waals surface area contributed by atoms with Gasteiger partial charge in [-0.2, -0.15) is 0 Å². The van der Waals surface area contributed by atoms with Gasteiger partial charge in [-0.3, -0.25) is 0 Å². The Labute approximate surface area is 108 Å². The molecule has 0 unspecified atom stereocenters. The van der Waals surface area contributed by atoms with Crippen LogP contribution in [0, 0.1) is 0 Å². The zero-order chi connectivity index (χ0) is 6.69. The van der Waals surface area contributed by atoms with E-state index in [1.165, 1.54) is 12.1 Å². The molecule has 46 valence electrons. The fourth-order valence-electron chi connectivity index (χ4n) is 0.574. The Kier molecular flexibility index (Phi) is 5.44. The van der Waals surface area contributed by atoms with Crippen molar-refractivity contribution in [2.75, 3.05) is 0 Å². The Balaban J connectivity index is 0.000000810. The quantitative estimate of drug-likeness (QED) is 0.493. The van der Waals surface area contributed by atoms with Crippen molar-refractivity contribution < 1.29 is 68.1 Å². The average Bonchev–Trinajstić information content (AvgIpc) is 1.90. The Hall–Kier alpha value is 0.495. The largest absolute Gasteiger partial charge is 1.00 e. The molecule has 0 heterocycles. The molecule has 1 rings (SSSR count). The Morgan fingerprint density at radius 2 is 1.70 bits per heavy atom. The number of aromatic carboxylic acids is 1. The van der Waals surface area contributed by atoms with E-state index in [-0.39, 0.29) is 63.8 Å². The molecule has 0 radical (unpaired) electrons. The van der Waals surface area contributed by atoms with Crippen molar-refractivity contribution in [1.82, 2.24) is 0 Å². The second kappa shape index (κ2) is 5.19. The second-order valence-electron chi connectivity index (χ2n) is 1.65. The molecular formula is C7H5O2Rb. The van der Waals surface area contributed by atoms with Crippen LogP contribution in [0.15, 0.2) is 30.3 Å². The molecule has 10 heavy (non-hydrogen) atoms. The van der Waals surface area contributed by atoms with Crippen LogP contribution in [-0.4, -0.2) is 5.97 Å². The van der Waals surface area contributed by atoms with Gasteiger partial charge in [0.05, 0.1) is 5.97 Å². The van der Waals surface area contributed by atoms with Crippen molar-refractivity contribution in [2.24, 2.45) is 0 Å². The summed E-state index contributed by atoms with van der Waals surface area (Å²) in [4.78, 5) is 10.1. The number of carboxylic acid groups (broad SMARTS) is 1. The van der Waals surface area contributed by atoms with E-state index in [0.29, 0.717) is 0 Å². The van der Waals surface area contributed by atoms with Crippen molar-refractivity contribution in [3.63, 3.8) is 0 Å². The predicted octanol–water partition coefficient (Wildman–Crippen LogP) is -2.95. The first-order valence-corrected chi connectivity index (χ1v) is 2.57. The third-order valence-corrected chi connectivity index (χ3v) is 1.01. The Morgan fingerprint density at radius 1 is 1.20 bits per heavy atom. The summed E-state index contributed by atoms with van der Waals surface area (Å²) in [7, 11) is 0. The van der Waals surface area contributed by atoms with Crippen LogP contribution in [0.5, 0.6) is 0 Å². The van der Waals surface area contributed by atoms with Crippen LogP contribution in [0.3, 0.4) is 0 Å². The summed E-state index contributed by atoms with van der Waals surface area (Å²) in [5.41, 5.74) is 0.220. The number of carbonyl (C=O) groups is 1. The summed E-state index contributed by atoms with van der Waals surface area (Å²) in [6.45, 7) is 0. The average molecular weight is 207 g/mol. The molecule has 2 nitrogen and oxygen atoms in total. The van der Waals surface area contributed by atoms with Gasteiger partial charge < -0.3 is 9.90 Å². The van der Waals surface area contributed by atoms with Crippen LogP contribution in [0.1, 0.15) is 10.4 Å². The van der Waals surface area contributed by atoms with E-state index < -0.39 is 5.97 Å². The summed E-state index contributed by atoms with van der Waals surface area (Å²) < 4.78 is 0. The molecule has 0 saturated heterocycles. The molecule has 0 aromatic heterocycles. The van der Waals surface area contributed by atoms with Gasteiger partial charge in [0.2, 0.25) is 0 Å². The van der Waals surface area contributed by atoms with Crippen LogP contribution in [0.2, 0.25) is 0 Å². The summed E-state index contributed by atoms with van der Waals surface area (Å²) in [6.07, 6.45) is 0. The minimum absolute atomic E-state index is 0. The molecule has 0 amide bonds. The van der Waals surface area contributed by atoms with E-state index in [4.69, 9.17) is 0 Å². The van der Waals surface area contributed by atoms with E-state index >= 15 is 0 Å². The molecular weight excluding hydrogens is 202 g/mol. The van der Waals surface area contributed by atoms with Crippen molar-refractivity contribution in [2.45, 2.75) is 0 Å². The maximum Gasteiger partial charge on any atom is 1.00 e. The molecule has 0 bridgehead atoms. The van der Waals surface area contributed by atoms with Crippen LogP contribution in [0.25, 0.3) is 0 Å². The molecule has 0 spiro atoms. The van der Waals surface area contributed by atoms with Gasteiger partial charge in [-0.05, 0) is 5.56 Å². The molecule has 0 fully saturated rings. The van der Waals surface area contributed by atoms with Crippen LogP contribution in [0.4, 0.5) is 0 Å². The van der Waals surface area contributed by atoms with Gasteiger partial charge >= 0.3 is 58.2 Å². The van der Waals surface area contributed by atoms with Gasteiger partial charge in [0.15, 0.2) is 0 Å². The second-order valence-corrected chi connectivity index (χ2v) is 1.65. The zero-order valence-electron chi connectivity index (χ0n) is 5.70. The van der Waals surface area contributed by atoms with Crippen molar-refractivity contribution in [3.05, 3.63) is 35.9 Å². The Bertz CT molecular complexity index is 208. The molecule has 0 atom stereocenters. The van der Waals surface area contributed by atoms with Gasteiger partial charge in [0.1, 0.15) is 0 Å². The maximum absolute atomic E-state index is 10.1. The van der Waals surface area contributed by atoms with Gasteiger partial charge in [-0.1, -0.05) is 30.3 Å². The molecule has 0 aliphatic heterocycles. The van der Waals surface area contributed by atoms with Gasteiger partial charge in [-0.25, -0.2) is 0 Å². The first-order chi connectivity index (χ1) is 4.30. The molecule has 0 aliphatic rings. The predicted molar refractivity (Wildman–Crippen MR) is 30.8 cm³/mol. The molecule has 1 aromatic rings. The number of carboxylic acids is 1. The van der Waals surface area contributed by atoms with Gasteiger partial charge in [0.25, 0.3) is 0 Å².